The SMILES string of the molecule is C(CN1CCCC1)=C(c1ccccc1)c1ccccn1. The van der Waals surface area contributed by atoms with Gasteiger partial charge in [0.1, 0.15) is 0 Å². The van der Waals surface area contributed by atoms with Gasteiger partial charge in [-0.15, -0.1) is 0 Å². The topological polar surface area (TPSA) is 16.1 Å². The van der Waals surface area contributed by atoms with Crippen LogP contribution in [0.4, 0.5) is 0 Å². The van der Waals surface area contributed by atoms with Crippen molar-refractivity contribution in [2.45, 2.75) is 12.8 Å². The Morgan fingerprint density at radius 1 is 1.00 bits per heavy atom. The van der Waals surface area contributed by atoms with Crippen LogP contribution >= 0.6 is 0 Å². The molecule has 0 amide bonds. The molecule has 2 heteroatoms. The summed E-state index contributed by atoms with van der Waals surface area (Å²) in [6.45, 7) is 3.46. The minimum absolute atomic E-state index is 1.01. The highest BCUT2D eigenvalue weighted by Gasteiger charge is 2.11. The molecule has 102 valence electrons. The first-order valence-electron chi connectivity index (χ1n) is 7.33. The molecule has 0 spiro atoms. The number of likely N-dealkylation sites (tertiary alicyclic amines) is 1. The molecule has 1 aromatic heterocycles. The van der Waals surface area contributed by atoms with E-state index < -0.39 is 0 Å². The third-order valence-corrected chi connectivity index (χ3v) is 3.78. The van der Waals surface area contributed by atoms with E-state index >= 15 is 0 Å². The summed E-state index contributed by atoms with van der Waals surface area (Å²) in [5, 5.41) is 0. The highest BCUT2D eigenvalue weighted by atomic mass is 15.1. The van der Waals surface area contributed by atoms with Gasteiger partial charge in [0.05, 0.1) is 5.69 Å². The molecule has 20 heavy (non-hydrogen) atoms. The van der Waals surface area contributed by atoms with Gasteiger partial charge in [-0.3, -0.25) is 9.88 Å². The van der Waals surface area contributed by atoms with Gasteiger partial charge in [0.2, 0.25) is 0 Å². The molecular weight excluding hydrogens is 244 g/mol. The van der Waals surface area contributed by atoms with E-state index in [1.54, 1.807) is 0 Å². The van der Waals surface area contributed by atoms with Gasteiger partial charge in [-0.05, 0) is 43.6 Å². The normalized spacial score (nSPS) is 16.5. The van der Waals surface area contributed by atoms with Gasteiger partial charge in [-0.25, -0.2) is 0 Å². The minimum Gasteiger partial charge on any atom is -0.300 e. The Morgan fingerprint density at radius 3 is 2.45 bits per heavy atom. The highest BCUT2D eigenvalue weighted by molar-refractivity contribution is 5.77. The molecule has 2 heterocycles. The number of nitrogens with zero attached hydrogens (tertiary/aromatic N) is 2. The fourth-order valence-corrected chi connectivity index (χ4v) is 2.70. The zero-order valence-corrected chi connectivity index (χ0v) is 11.7. The standard InChI is InChI=1S/C18H20N2/c1-2-8-16(9-3-1)17(18-10-4-5-12-19-18)11-15-20-13-6-7-14-20/h1-5,8-12H,6-7,13-15H2. The molecule has 0 bridgehead atoms. The summed E-state index contributed by atoms with van der Waals surface area (Å²) < 4.78 is 0. The van der Waals surface area contributed by atoms with E-state index in [0.717, 1.165) is 12.2 Å². The van der Waals surface area contributed by atoms with Crippen molar-refractivity contribution in [3.63, 3.8) is 0 Å². The molecule has 1 fully saturated rings. The zero-order valence-electron chi connectivity index (χ0n) is 11.7. The van der Waals surface area contributed by atoms with Crippen LogP contribution in [-0.2, 0) is 0 Å². The molecule has 0 atom stereocenters. The Morgan fingerprint density at radius 2 is 1.75 bits per heavy atom. The predicted octanol–water partition coefficient (Wildman–Crippen LogP) is 3.61. The Hall–Kier alpha value is -1.93. The van der Waals surface area contributed by atoms with Crippen LogP contribution in [0.5, 0.6) is 0 Å². The molecule has 0 N–H and O–H groups in total. The molecule has 1 aromatic carbocycles. The Kier molecular flexibility index (Phi) is 4.24. The maximum Gasteiger partial charge on any atom is 0.0705 e. The highest BCUT2D eigenvalue weighted by Crippen LogP contribution is 2.21. The molecular formula is C18H20N2. The van der Waals surface area contributed by atoms with Crippen molar-refractivity contribution >= 4 is 5.57 Å². The fraction of sp³-hybridized carbons (Fsp3) is 0.278. The van der Waals surface area contributed by atoms with Gasteiger partial charge >= 0.3 is 0 Å². The first-order chi connectivity index (χ1) is 9.93. The van der Waals surface area contributed by atoms with Gasteiger partial charge in [-0.2, -0.15) is 0 Å². The van der Waals surface area contributed by atoms with Crippen LogP contribution in [0.25, 0.3) is 5.57 Å². The Labute approximate surface area is 120 Å². The first-order valence-corrected chi connectivity index (χ1v) is 7.33. The van der Waals surface area contributed by atoms with Crippen molar-refractivity contribution in [2.24, 2.45) is 0 Å². The quantitative estimate of drug-likeness (QED) is 0.838. The monoisotopic (exact) mass is 264 g/mol. The lowest BCUT2D eigenvalue weighted by Gasteiger charge is -2.13. The summed E-state index contributed by atoms with van der Waals surface area (Å²) in [6.07, 6.45) is 6.85. The van der Waals surface area contributed by atoms with Crippen LogP contribution in [0.15, 0.2) is 60.8 Å². The maximum absolute atomic E-state index is 4.51. The lowest BCUT2D eigenvalue weighted by Crippen LogP contribution is -2.19. The smallest absolute Gasteiger partial charge is 0.0705 e. The predicted molar refractivity (Wildman–Crippen MR) is 83.4 cm³/mol. The molecule has 3 rings (SSSR count). The van der Waals surface area contributed by atoms with Gasteiger partial charge in [-0.1, -0.05) is 42.5 Å². The van der Waals surface area contributed by atoms with E-state index in [1.165, 1.54) is 37.1 Å². The number of hydrogen-bond acceptors (Lipinski definition) is 2. The van der Waals surface area contributed by atoms with Crippen LogP contribution in [0.3, 0.4) is 0 Å². The molecule has 0 radical (unpaired) electrons. The molecule has 1 saturated heterocycles. The molecule has 1 aliphatic rings. The van der Waals surface area contributed by atoms with Crippen LogP contribution in [0.2, 0.25) is 0 Å². The van der Waals surface area contributed by atoms with Crippen molar-refractivity contribution in [3.8, 4) is 0 Å². The zero-order chi connectivity index (χ0) is 13.6. The average molecular weight is 264 g/mol. The lowest BCUT2D eigenvalue weighted by molar-refractivity contribution is 0.377. The van der Waals surface area contributed by atoms with Crippen LogP contribution in [0.1, 0.15) is 24.1 Å². The van der Waals surface area contributed by atoms with Crippen molar-refractivity contribution < 1.29 is 0 Å². The van der Waals surface area contributed by atoms with Gasteiger partial charge in [0, 0.05) is 18.3 Å². The number of benzene rings is 1. The Bertz CT molecular complexity index is 513. The van der Waals surface area contributed by atoms with Crippen molar-refractivity contribution in [1.29, 1.82) is 0 Å². The molecule has 2 nitrogen and oxygen atoms in total. The number of hydrogen-bond donors (Lipinski definition) is 0. The first kappa shape index (κ1) is 13.1. The second-order valence-corrected chi connectivity index (χ2v) is 5.21. The van der Waals surface area contributed by atoms with E-state index in [0.29, 0.717) is 0 Å². The summed E-state index contributed by atoms with van der Waals surface area (Å²) in [4.78, 5) is 7.02. The number of pyridine rings is 1. The van der Waals surface area contributed by atoms with E-state index in [4.69, 9.17) is 0 Å². The summed E-state index contributed by atoms with van der Waals surface area (Å²) in [5.74, 6) is 0. The van der Waals surface area contributed by atoms with Crippen LogP contribution in [-0.4, -0.2) is 29.5 Å². The third-order valence-electron chi connectivity index (χ3n) is 3.78. The van der Waals surface area contributed by atoms with E-state index in [-0.39, 0.29) is 0 Å². The number of aromatic nitrogens is 1. The van der Waals surface area contributed by atoms with Gasteiger partial charge < -0.3 is 0 Å². The summed E-state index contributed by atoms with van der Waals surface area (Å²) in [6, 6.07) is 16.6. The molecule has 0 unspecified atom stereocenters. The molecule has 1 aliphatic heterocycles. The average Bonchev–Trinajstić information content (AvgIpc) is 3.03. The second kappa shape index (κ2) is 6.49. The number of rotatable bonds is 4. The van der Waals surface area contributed by atoms with E-state index in [1.807, 2.05) is 12.3 Å². The molecule has 0 aliphatic carbocycles. The second-order valence-electron chi connectivity index (χ2n) is 5.21. The minimum atomic E-state index is 1.01. The van der Waals surface area contributed by atoms with Gasteiger partial charge in [0.25, 0.3) is 0 Å². The van der Waals surface area contributed by atoms with Gasteiger partial charge in [0.15, 0.2) is 0 Å². The summed E-state index contributed by atoms with van der Waals surface area (Å²) >= 11 is 0. The van der Waals surface area contributed by atoms with E-state index in [9.17, 15) is 0 Å². The Balaban J connectivity index is 1.89. The molecule has 2 aromatic rings. The lowest BCUT2D eigenvalue weighted by atomic mass is 10.0. The summed E-state index contributed by atoms with van der Waals surface area (Å²) in [7, 11) is 0. The van der Waals surface area contributed by atoms with Crippen molar-refractivity contribution in [2.75, 3.05) is 19.6 Å². The van der Waals surface area contributed by atoms with Crippen molar-refractivity contribution in [3.05, 3.63) is 72.1 Å². The van der Waals surface area contributed by atoms with Crippen molar-refractivity contribution in [1.82, 2.24) is 9.88 Å². The molecule has 0 saturated carbocycles. The van der Waals surface area contributed by atoms with Crippen LogP contribution < -0.4 is 0 Å². The fourth-order valence-electron chi connectivity index (χ4n) is 2.70. The third kappa shape index (κ3) is 3.14. The maximum atomic E-state index is 4.51. The van der Waals surface area contributed by atoms with E-state index in [2.05, 4.69) is 58.4 Å². The van der Waals surface area contributed by atoms with Crippen LogP contribution in [0, 0.1) is 0 Å². The largest absolute Gasteiger partial charge is 0.300 e. The summed E-state index contributed by atoms with van der Waals surface area (Å²) in [5.41, 5.74) is 3.53.